The van der Waals surface area contributed by atoms with Gasteiger partial charge in [-0.25, -0.2) is 12.4 Å². The van der Waals surface area contributed by atoms with Gasteiger partial charge in [-0.3, -0.25) is 10.1 Å². The number of rotatable bonds is 5. The molecular formula is C18H17N3O4S. The maximum atomic E-state index is 12.9. The van der Waals surface area contributed by atoms with E-state index < -0.39 is 14.9 Å². The van der Waals surface area contributed by atoms with Crippen LogP contribution in [0.1, 0.15) is 5.56 Å². The first-order valence-electron chi connectivity index (χ1n) is 7.76. The van der Waals surface area contributed by atoms with Crippen molar-refractivity contribution >= 4 is 32.7 Å². The summed E-state index contributed by atoms with van der Waals surface area (Å²) >= 11 is 0. The van der Waals surface area contributed by atoms with Gasteiger partial charge in [0.1, 0.15) is 0 Å². The molecule has 0 bridgehead atoms. The van der Waals surface area contributed by atoms with E-state index in [9.17, 15) is 18.5 Å². The van der Waals surface area contributed by atoms with E-state index in [1.54, 1.807) is 47.5 Å². The average Bonchev–Trinajstić information content (AvgIpc) is 3.04. The topological polar surface area (TPSA) is 85.5 Å². The van der Waals surface area contributed by atoms with Crippen molar-refractivity contribution in [1.29, 1.82) is 0 Å². The molecule has 26 heavy (non-hydrogen) atoms. The third kappa shape index (κ3) is 3.06. The summed E-state index contributed by atoms with van der Waals surface area (Å²) in [5.74, 6) is 0. The number of nitro benzene ring substituents is 1. The van der Waals surface area contributed by atoms with Crippen molar-refractivity contribution in [3.8, 4) is 0 Å². The molecule has 0 aliphatic heterocycles. The van der Waals surface area contributed by atoms with Gasteiger partial charge in [-0.1, -0.05) is 18.2 Å². The van der Waals surface area contributed by atoms with Crippen LogP contribution in [-0.4, -0.2) is 36.3 Å². The molecule has 8 heteroatoms. The van der Waals surface area contributed by atoms with Gasteiger partial charge >= 0.3 is 0 Å². The fraction of sp³-hybridized carbons (Fsp3) is 0.111. The number of hydrogen-bond acceptors (Lipinski definition) is 5. The Morgan fingerprint density at radius 1 is 1.08 bits per heavy atom. The lowest BCUT2D eigenvalue weighted by Gasteiger charge is -2.08. The SMILES string of the molecule is CN(C)/C=C/c1ccc2c(ccn2S(=O)(=O)c2ccccc2)c1[N+](=O)[O-]. The molecule has 3 rings (SSSR count). The largest absolute Gasteiger partial charge is 0.383 e. The van der Waals surface area contributed by atoms with Crippen molar-refractivity contribution in [3.63, 3.8) is 0 Å². The van der Waals surface area contributed by atoms with Crippen molar-refractivity contribution in [2.24, 2.45) is 0 Å². The molecule has 0 aliphatic rings. The van der Waals surface area contributed by atoms with Gasteiger partial charge in [-0.15, -0.1) is 0 Å². The zero-order valence-electron chi connectivity index (χ0n) is 14.2. The molecule has 2 aromatic carbocycles. The highest BCUT2D eigenvalue weighted by atomic mass is 32.2. The van der Waals surface area contributed by atoms with Gasteiger partial charge in [-0.05, 0) is 42.6 Å². The summed E-state index contributed by atoms with van der Waals surface area (Å²) in [5.41, 5.74) is 0.552. The molecule has 0 unspecified atom stereocenters. The Morgan fingerprint density at radius 2 is 1.77 bits per heavy atom. The lowest BCUT2D eigenvalue weighted by molar-refractivity contribution is -0.383. The molecule has 0 spiro atoms. The van der Waals surface area contributed by atoms with E-state index in [0.717, 1.165) is 3.97 Å². The molecule has 0 amide bonds. The molecular weight excluding hydrogens is 354 g/mol. The number of aromatic nitrogens is 1. The molecule has 0 N–H and O–H groups in total. The Bertz CT molecular complexity index is 1100. The number of nitrogens with zero attached hydrogens (tertiary/aromatic N) is 3. The number of nitro groups is 1. The molecule has 3 aromatic rings. The third-order valence-electron chi connectivity index (χ3n) is 3.87. The average molecular weight is 371 g/mol. The quantitative estimate of drug-likeness (QED) is 0.507. The van der Waals surface area contributed by atoms with Gasteiger partial charge < -0.3 is 4.90 Å². The fourth-order valence-corrected chi connectivity index (χ4v) is 4.04. The Kier molecular flexibility index (Phi) is 4.52. The smallest absolute Gasteiger partial charge is 0.285 e. The minimum absolute atomic E-state index is 0.122. The molecule has 0 saturated heterocycles. The monoisotopic (exact) mass is 371 g/mol. The van der Waals surface area contributed by atoms with Crippen LogP contribution in [0.2, 0.25) is 0 Å². The maximum Gasteiger partial charge on any atom is 0.285 e. The lowest BCUT2D eigenvalue weighted by atomic mass is 10.1. The number of fused-ring (bicyclic) bond motifs is 1. The van der Waals surface area contributed by atoms with E-state index in [1.165, 1.54) is 24.4 Å². The van der Waals surface area contributed by atoms with Gasteiger partial charge in [0.15, 0.2) is 0 Å². The normalized spacial score (nSPS) is 11.9. The van der Waals surface area contributed by atoms with E-state index in [1.807, 2.05) is 14.1 Å². The fourth-order valence-electron chi connectivity index (χ4n) is 2.68. The summed E-state index contributed by atoms with van der Waals surface area (Å²) in [6, 6.07) is 12.6. The first-order chi connectivity index (χ1) is 12.3. The van der Waals surface area contributed by atoms with E-state index in [-0.39, 0.29) is 21.5 Å². The molecule has 0 atom stereocenters. The number of benzene rings is 2. The summed E-state index contributed by atoms with van der Waals surface area (Å²) in [5, 5.41) is 11.9. The standard InChI is InChI=1S/C18H17N3O4S/c1-19(2)12-10-14-8-9-17-16(18(14)21(22)23)11-13-20(17)26(24,25)15-6-4-3-5-7-15/h3-13H,1-2H3/b12-10+. The van der Waals surface area contributed by atoms with Crippen LogP contribution < -0.4 is 0 Å². The molecule has 0 radical (unpaired) electrons. The predicted molar refractivity (Wildman–Crippen MR) is 100 cm³/mol. The summed E-state index contributed by atoms with van der Waals surface area (Å²) < 4.78 is 26.8. The van der Waals surface area contributed by atoms with E-state index in [0.29, 0.717) is 5.56 Å². The molecule has 7 nitrogen and oxygen atoms in total. The van der Waals surface area contributed by atoms with E-state index in [4.69, 9.17) is 0 Å². The summed E-state index contributed by atoms with van der Waals surface area (Å²) in [4.78, 5) is 13.0. The van der Waals surface area contributed by atoms with E-state index in [2.05, 4.69) is 0 Å². The number of hydrogen-bond donors (Lipinski definition) is 0. The zero-order valence-corrected chi connectivity index (χ0v) is 15.1. The van der Waals surface area contributed by atoms with Crippen molar-refractivity contribution < 1.29 is 13.3 Å². The van der Waals surface area contributed by atoms with Gasteiger partial charge in [0.2, 0.25) is 0 Å². The zero-order chi connectivity index (χ0) is 18.9. The second kappa shape index (κ2) is 6.64. The van der Waals surface area contributed by atoms with Crippen LogP contribution in [-0.2, 0) is 10.0 Å². The Labute approximate surface area is 151 Å². The minimum Gasteiger partial charge on any atom is -0.383 e. The summed E-state index contributed by atoms with van der Waals surface area (Å²) in [7, 11) is -0.217. The molecule has 0 fully saturated rings. The van der Waals surface area contributed by atoms with Crippen LogP contribution in [0, 0.1) is 10.1 Å². The van der Waals surface area contributed by atoms with Crippen LogP contribution in [0.5, 0.6) is 0 Å². The highest BCUT2D eigenvalue weighted by Crippen LogP contribution is 2.33. The predicted octanol–water partition coefficient (Wildman–Crippen LogP) is 3.32. The summed E-state index contributed by atoms with van der Waals surface area (Å²) in [6.07, 6.45) is 4.67. The van der Waals surface area contributed by atoms with Crippen LogP contribution in [0.15, 0.2) is 65.8 Å². The highest BCUT2D eigenvalue weighted by molar-refractivity contribution is 7.90. The third-order valence-corrected chi connectivity index (χ3v) is 5.58. The van der Waals surface area contributed by atoms with Crippen molar-refractivity contribution in [3.05, 3.63) is 76.6 Å². The van der Waals surface area contributed by atoms with Crippen molar-refractivity contribution in [1.82, 2.24) is 8.87 Å². The van der Waals surface area contributed by atoms with Crippen molar-refractivity contribution in [2.45, 2.75) is 4.90 Å². The molecule has 0 saturated carbocycles. The Balaban J connectivity index is 2.24. The summed E-state index contributed by atoms with van der Waals surface area (Å²) in [6.45, 7) is 0. The molecule has 1 heterocycles. The van der Waals surface area contributed by atoms with Crippen molar-refractivity contribution in [2.75, 3.05) is 14.1 Å². The first kappa shape index (κ1) is 17.7. The minimum atomic E-state index is -3.84. The second-order valence-corrected chi connectivity index (χ2v) is 7.72. The van der Waals surface area contributed by atoms with Gasteiger partial charge in [-0.2, -0.15) is 0 Å². The first-order valence-corrected chi connectivity index (χ1v) is 9.20. The Morgan fingerprint density at radius 3 is 2.38 bits per heavy atom. The molecule has 0 aliphatic carbocycles. The Hall–Kier alpha value is -3.13. The highest BCUT2D eigenvalue weighted by Gasteiger charge is 2.24. The second-order valence-electron chi connectivity index (χ2n) is 5.90. The van der Waals surface area contributed by atoms with Crippen LogP contribution in [0.3, 0.4) is 0 Å². The molecule has 1 aromatic heterocycles. The lowest BCUT2D eigenvalue weighted by Crippen LogP contribution is -2.11. The van der Waals surface area contributed by atoms with Crippen LogP contribution in [0.25, 0.3) is 17.0 Å². The molecule has 134 valence electrons. The van der Waals surface area contributed by atoms with E-state index >= 15 is 0 Å². The maximum absolute atomic E-state index is 12.9. The van der Waals surface area contributed by atoms with Crippen LogP contribution >= 0.6 is 0 Å². The van der Waals surface area contributed by atoms with Crippen LogP contribution in [0.4, 0.5) is 5.69 Å². The van der Waals surface area contributed by atoms with Gasteiger partial charge in [0.25, 0.3) is 15.7 Å². The van der Waals surface area contributed by atoms with Gasteiger partial charge in [0, 0.05) is 20.3 Å². The van der Waals surface area contributed by atoms with Gasteiger partial charge in [0.05, 0.1) is 26.3 Å².